The van der Waals surface area contributed by atoms with Gasteiger partial charge in [0.1, 0.15) is 6.61 Å². The summed E-state index contributed by atoms with van der Waals surface area (Å²) in [5.74, 6) is -0.699. The number of carbonyl (C=O) groups excluding carboxylic acids is 1. The fourth-order valence-electron chi connectivity index (χ4n) is 6.65. The Morgan fingerprint density at radius 2 is 1.41 bits per heavy atom. The summed E-state index contributed by atoms with van der Waals surface area (Å²) in [5.41, 5.74) is -4.25. The van der Waals surface area contributed by atoms with Gasteiger partial charge < -0.3 is 19.3 Å². The molecule has 1 aliphatic carbocycles. The van der Waals surface area contributed by atoms with E-state index in [0.29, 0.717) is 30.9 Å². The number of benzene rings is 2. The van der Waals surface area contributed by atoms with Crippen LogP contribution < -0.4 is 14.5 Å². The largest absolute Gasteiger partial charge is 0.489 e. The molecule has 56 heavy (non-hydrogen) atoms. The van der Waals surface area contributed by atoms with Gasteiger partial charge >= 0.3 is 24.5 Å². The van der Waals surface area contributed by atoms with Crippen LogP contribution in [0.5, 0.6) is 5.75 Å². The number of methoxy groups -OCH3 is 1. The second kappa shape index (κ2) is 17.9. The lowest BCUT2D eigenvalue weighted by atomic mass is 9.80. The Morgan fingerprint density at radius 3 is 1.91 bits per heavy atom. The normalized spacial score (nSPS) is 17.3. The van der Waals surface area contributed by atoms with Crippen LogP contribution in [0.4, 0.5) is 51.1 Å². The van der Waals surface area contributed by atoms with Crippen molar-refractivity contribution in [1.29, 1.82) is 0 Å². The molecule has 1 aliphatic rings. The maximum absolute atomic E-state index is 14.2. The predicted molar refractivity (Wildman–Crippen MR) is 190 cm³/mol. The molecule has 1 aromatic heterocycles. The van der Waals surface area contributed by atoms with Crippen LogP contribution in [0.15, 0.2) is 48.8 Å². The molecule has 0 radical (unpaired) electrons. The Hall–Kier alpha value is -4.29. The van der Waals surface area contributed by atoms with Gasteiger partial charge in [0.25, 0.3) is 0 Å². The first-order valence-corrected chi connectivity index (χ1v) is 19.7. The number of carbonyl (C=O) groups is 1. The Bertz CT molecular complexity index is 1870. The zero-order valence-corrected chi connectivity index (χ0v) is 31.9. The van der Waals surface area contributed by atoms with E-state index in [4.69, 9.17) is 9.47 Å². The maximum atomic E-state index is 14.2. The van der Waals surface area contributed by atoms with Gasteiger partial charge in [0.15, 0.2) is 15.6 Å². The maximum Gasteiger partial charge on any atom is 0.416 e. The number of anilines is 2. The average Bonchev–Trinajstić information content (AvgIpc) is 3.11. The van der Waals surface area contributed by atoms with Crippen LogP contribution in [0.3, 0.4) is 0 Å². The van der Waals surface area contributed by atoms with Gasteiger partial charge in [-0.1, -0.05) is 0 Å². The van der Waals surface area contributed by atoms with Crippen molar-refractivity contribution in [2.45, 2.75) is 77.1 Å². The molecule has 9 nitrogen and oxygen atoms in total. The van der Waals surface area contributed by atoms with Crippen LogP contribution in [-0.2, 0) is 44.4 Å². The first kappa shape index (κ1) is 44.4. The highest BCUT2D eigenvalue weighted by Gasteiger charge is 2.38. The van der Waals surface area contributed by atoms with Gasteiger partial charge in [-0.15, -0.1) is 0 Å². The van der Waals surface area contributed by atoms with E-state index in [-0.39, 0.29) is 59.9 Å². The predicted octanol–water partition coefficient (Wildman–Crippen LogP) is 8.92. The van der Waals surface area contributed by atoms with Crippen molar-refractivity contribution in [3.05, 3.63) is 76.6 Å². The van der Waals surface area contributed by atoms with Crippen molar-refractivity contribution in [3.8, 4) is 5.75 Å². The molecular formula is C37H43F9N4O5S. The zero-order valence-electron chi connectivity index (χ0n) is 31.1. The van der Waals surface area contributed by atoms with E-state index in [1.54, 1.807) is 6.92 Å². The molecule has 0 saturated heterocycles. The van der Waals surface area contributed by atoms with Gasteiger partial charge in [-0.05, 0) is 98.9 Å². The Balaban J connectivity index is 1.78. The zero-order chi connectivity index (χ0) is 41.6. The fourth-order valence-corrected chi connectivity index (χ4v) is 7.04. The molecule has 1 heterocycles. The molecule has 0 spiro atoms. The second-order valence-corrected chi connectivity index (χ2v) is 16.1. The number of sulfone groups is 1. The van der Waals surface area contributed by atoms with Gasteiger partial charge in [-0.3, -0.25) is 4.79 Å². The topological polar surface area (TPSA) is 102 Å². The van der Waals surface area contributed by atoms with E-state index in [1.165, 1.54) is 25.0 Å². The summed E-state index contributed by atoms with van der Waals surface area (Å²) >= 11 is 0. The number of hydrogen-bond donors (Lipinski definition) is 0. The van der Waals surface area contributed by atoms with E-state index in [2.05, 4.69) is 9.97 Å². The summed E-state index contributed by atoms with van der Waals surface area (Å²) in [7, 11) is -2.09. The van der Waals surface area contributed by atoms with Crippen LogP contribution in [-0.4, -0.2) is 63.2 Å². The monoisotopic (exact) mass is 826 g/mol. The summed E-state index contributed by atoms with van der Waals surface area (Å²) in [6.45, 7) is 3.08. The van der Waals surface area contributed by atoms with E-state index in [0.717, 1.165) is 56.5 Å². The SMILES string of the molecule is CCN(CC1CCC(CC(=O)OC)CC1)c1ccc(C(F)(F)F)cc1CN(c1ncc(OCCS(C)(=O)=O)cn1)[C@@H](C)c1cc(C(F)(F)F)cc(C(F)(F)F)c1. The van der Waals surface area contributed by atoms with E-state index in [1.807, 2.05) is 4.90 Å². The van der Waals surface area contributed by atoms with Crippen LogP contribution in [0.25, 0.3) is 0 Å². The highest BCUT2D eigenvalue weighted by Crippen LogP contribution is 2.41. The molecule has 0 amide bonds. The summed E-state index contributed by atoms with van der Waals surface area (Å²) in [4.78, 5) is 23.3. The molecule has 19 heteroatoms. The number of nitrogens with zero attached hydrogens (tertiary/aromatic N) is 4. The molecule has 0 N–H and O–H groups in total. The van der Waals surface area contributed by atoms with Crippen LogP contribution in [0.1, 0.15) is 79.8 Å². The van der Waals surface area contributed by atoms with E-state index >= 15 is 0 Å². The standard InChI is InChI=1S/C37H43F9N4O5S/c1-5-49(21-25-8-6-24(7-9-25)14-33(51)54-3)32-11-10-28(35(38,39)40)17-27(32)22-50(34-47-19-31(20-48-34)55-12-13-56(4,52)53)23(2)26-15-29(36(41,42)43)18-30(16-26)37(44,45)46/h10-11,15-20,23-25H,5-9,12-14,21-22H2,1-4H3/t23-,24?,25?/m0/s1. The summed E-state index contributed by atoms with van der Waals surface area (Å²) in [5, 5.41) is 0. The Morgan fingerprint density at radius 1 is 0.857 bits per heavy atom. The Labute approximate surface area is 319 Å². The quantitative estimate of drug-likeness (QED) is 0.110. The van der Waals surface area contributed by atoms with Crippen molar-refractivity contribution in [2.75, 3.05) is 48.6 Å². The molecule has 1 fully saturated rings. The first-order chi connectivity index (χ1) is 26.0. The summed E-state index contributed by atoms with van der Waals surface area (Å²) < 4.78 is 159. The van der Waals surface area contributed by atoms with Gasteiger partial charge in [-0.25, -0.2) is 18.4 Å². The molecule has 1 atom stereocenters. The van der Waals surface area contributed by atoms with E-state index in [9.17, 15) is 52.7 Å². The van der Waals surface area contributed by atoms with Crippen LogP contribution >= 0.6 is 0 Å². The van der Waals surface area contributed by atoms with Crippen molar-refractivity contribution in [2.24, 2.45) is 11.8 Å². The molecular weight excluding hydrogens is 783 g/mol. The van der Waals surface area contributed by atoms with Crippen LogP contribution in [0.2, 0.25) is 0 Å². The minimum atomic E-state index is -5.17. The van der Waals surface area contributed by atoms with Gasteiger partial charge in [0, 0.05) is 38.0 Å². The minimum absolute atomic E-state index is 0.0124. The van der Waals surface area contributed by atoms with Crippen LogP contribution in [0, 0.1) is 11.8 Å². The molecule has 0 bridgehead atoms. The lowest BCUT2D eigenvalue weighted by Gasteiger charge is -2.36. The first-order valence-electron chi connectivity index (χ1n) is 17.7. The smallest absolute Gasteiger partial charge is 0.416 e. The van der Waals surface area contributed by atoms with Gasteiger partial charge in [0.05, 0.1) is 48.0 Å². The molecule has 310 valence electrons. The van der Waals surface area contributed by atoms with Crippen molar-refractivity contribution >= 4 is 27.4 Å². The average molecular weight is 827 g/mol. The third kappa shape index (κ3) is 12.4. The molecule has 0 aliphatic heterocycles. The number of esters is 1. The molecule has 3 aromatic rings. The second-order valence-electron chi connectivity index (χ2n) is 13.9. The number of ether oxygens (including phenoxy) is 2. The fraction of sp³-hybridized carbons (Fsp3) is 0.541. The van der Waals surface area contributed by atoms with Gasteiger partial charge in [-0.2, -0.15) is 39.5 Å². The summed E-state index contributed by atoms with van der Waals surface area (Å²) in [6.07, 6.45) is -8.69. The molecule has 2 aromatic carbocycles. The number of hydrogen-bond acceptors (Lipinski definition) is 9. The lowest BCUT2D eigenvalue weighted by molar-refractivity contribution is -0.144. The molecule has 0 unspecified atom stereocenters. The molecule has 4 rings (SSSR count). The summed E-state index contributed by atoms with van der Waals surface area (Å²) in [6, 6.07) is 2.77. The minimum Gasteiger partial charge on any atom is -0.489 e. The third-order valence-corrected chi connectivity index (χ3v) is 10.7. The van der Waals surface area contributed by atoms with E-state index < -0.39 is 63.2 Å². The Kier molecular flexibility index (Phi) is 14.2. The van der Waals surface area contributed by atoms with Crippen molar-refractivity contribution in [3.63, 3.8) is 0 Å². The lowest BCUT2D eigenvalue weighted by Crippen LogP contribution is -2.34. The number of halogens is 9. The number of alkyl halides is 9. The van der Waals surface area contributed by atoms with Gasteiger partial charge in [0.2, 0.25) is 5.95 Å². The molecule has 1 saturated carbocycles. The van der Waals surface area contributed by atoms with Crippen molar-refractivity contribution < 1.29 is 62.2 Å². The highest BCUT2D eigenvalue weighted by molar-refractivity contribution is 7.90. The van der Waals surface area contributed by atoms with Crippen molar-refractivity contribution in [1.82, 2.24) is 9.97 Å². The number of aromatic nitrogens is 2. The third-order valence-electron chi connectivity index (χ3n) is 9.75. The number of rotatable bonds is 15. The highest BCUT2D eigenvalue weighted by atomic mass is 32.2.